The summed E-state index contributed by atoms with van der Waals surface area (Å²) in [5, 5.41) is 0. The number of nitrogens with zero attached hydrogens (tertiary/aromatic N) is 2. The molecule has 4 nitrogen and oxygen atoms in total. The number of fused-ring (bicyclic) bond motifs is 1. The molecule has 0 fully saturated rings. The minimum absolute atomic E-state index is 0.236. The molecule has 0 atom stereocenters. The van der Waals surface area contributed by atoms with E-state index in [0.29, 0.717) is 18.9 Å². The quantitative estimate of drug-likeness (QED) is 0.665. The molecule has 14 heavy (non-hydrogen) atoms. The molecule has 0 radical (unpaired) electrons. The van der Waals surface area contributed by atoms with E-state index in [0.717, 1.165) is 23.4 Å². The number of carbonyl (C=O) groups excluding carboxylic acids is 1. The molecule has 74 valence electrons. The van der Waals surface area contributed by atoms with Gasteiger partial charge in [-0.1, -0.05) is 13.8 Å². The van der Waals surface area contributed by atoms with E-state index in [9.17, 15) is 4.79 Å². The fraction of sp³-hybridized carbons (Fsp3) is 0.500. The monoisotopic (exact) mass is 192 g/mol. The first-order valence-electron chi connectivity index (χ1n) is 4.65. The molecular weight excluding hydrogens is 180 g/mol. The van der Waals surface area contributed by atoms with Crippen molar-refractivity contribution < 1.29 is 9.53 Å². The average molecular weight is 192 g/mol. The van der Waals surface area contributed by atoms with Gasteiger partial charge in [-0.15, -0.1) is 0 Å². The molecule has 0 aromatic carbocycles. The summed E-state index contributed by atoms with van der Waals surface area (Å²) in [6, 6.07) is 0. The molecule has 0 saturated heterocycles. The number of ether oxygens (including phenoxy) is 1. The fourth-order valence-electron chi connectivity index (χ4n) is 1.45. The van der Waals surface area contributed by atoms with Gasteiger partial charge in [-0.2, -0.15) is 0 Å². The molecule has 0 unspecified atom stereocenters. The Morgan fingerprint density at radius 1 is 1.36 bits per heavy atom. The van der Waals surface area contributed by atoms with Crippen LogP contribution in [0.4, 0.5) is 0 Å². The van der Waals surface area contributed by atoms with Crippen LogP contribution in [-0.2, 0) is 18.0 Å². The van der Waals surface area contributed by atoms with Crippen LogP contribution in [0.15, 0.2) is 0 Å². The minimum Gasteiger partial charge on any atom is -0.370 e. The Bertz CT molecular complexity index is 375. The van der Waals surface area contributed by atoms with Gasteiger partial charge in [0.05, 0.1) is 18.9 Å². The summed E-state index contributed by atoms with van der Waals surface area (Å²) in [4.78, 5) is 19.4. The molecule has 0 saturated carbocycles. The summed E-state index contributed by atoms with van der Waals surface area (Å²) in [5.41, 5.74) is 2.20. The van der Waals surface area contributed by atoms with Gasteiger partial charge in [0, 0.05) is 11.5 Å². The highest BCUT2D eigenvalue weighted by Crippen LogP contribution is 2.21. The molecule has 1 aliphatic heterocycles. The second-order valence-corrected chi connectivity index (χ2v) is 3.66. The predicted octanol–water partition coefficient (Wildman–Crippen LogP) is 1.44. The SMILES string of the molecule is CC(C)c1nc(C=O)c2c(n1)COC2. The third-order valence-electron chi connectivity index (χ3n) is 2.26. The summed E-state index contributed by atoms with van der Waals surface area (Å²) in [6.45, 7) is 4.97. The lowest BCUT2D eigenvalue weighted by molar-refractivity contribution is 0.111. The molecule has 0 aliphatic carbocycles. The van der Waals surface area contributed by atoms with Gasteiger partial charge in [0.15, 0.2) is 6.29 Å². The van der Waals surface area contributed by atoms with Gasteiger partial charge in [-0.3, -0.25) is 4.79 Å². The summed E-state index contributed by atoms with van der Waals surface area (Å²) in [6.07, 6.45) is 0.779. The summed E-state index contributed by atoms with van der Waals surface area (Å²) < 4.78 is 5.23. The van der Waals surface area contributed by atoms with Crippen LogP contribution >= 0.6 is 0 Å². The number of aldehydes is 1. The summed E-state index contributed by atoms with van der Waals surface area (Å²) in [5.74, 6) is 0.955. The van der Waals surface area contributed by atoms with Crippen molar-refractivity contribution in [2.45, 2.75) is 33.0 Å². The average Bonchev–Trinajstić information content (AvgIpc) is 2.63. The molecular formula is C10H12N2O2. The van der Waals surface area contributed by atoms with E-state index in [1.54, 1.807) is 0 Å². The highest BCUT2D eigenvalue weighted by atomic mass is 16.5. The summed E-state index contributed by atoms with van der Waals surface area (Å²) in [7, 11) is 0. The van der Waals surface area contributed by atoms with Crippen molar-refractivity contribution in [2.75, 3.05) is 0 Å². The van der Waals surface area contributed by atoms with Crippen LogP contribution < -0.4 is 0 Å². The Morgan fingerprint density at radius 3 is 2.79 bits per heavy atom. The van der Waals surface area contributed by atoms with E-state index in [1.165, 1.54) is 0 Å². The van der Waals surface area contributed by atoms with Crippen molar-refractivity contribution in [1.82, 2.24) is 9.97 Å². The number of hydrogen-bond acceptors (Lipinski definition) is 4. The van der Waals surface area contributed by atoms with Crippen LogP contribution in [0, 0.1) is 0 Å². The molecule has 4 heteroatoms. The first-order valence-corrected chi connectivity index (χ1v) is 4.65. The van der Waals surface area contributed by atoms with Crippen molar-refractivity contribution in [3.05, 3.63) is 22.8 Å². The maximum absolute atomic E-state index is 10.8. The fourth-order valence-corrected chi connectivity index (χ4v) is 1.45. The van der Waals surface area contributed by atoms with E-state index in [2.05, 4.69) is 9.97 Å². The highest BCUT2D eigenvalue weighted by molar-refractivity contribution is 5.74. The second-order valence-electron chi connectivity index (χ2n) is 3.66. The highest BCUT2D eigenvalue weighted by Gasteiger charge is 2.20. The summed E-state index contributed by atoms with van der Waals surface area (Å²) >= 11 is 0. The molecule has 0 N–H and O–H groups in total. The maximum Gasteiger partial charge on any atom is 0.168 e. The molecule has 1 aromatic heterocycles. The Morgan fingerprint density at radius 2 is 2.14 bits per heavy atom. The number of aromatic nitrogens is 2. The Kier molecular flexibility index (Phi) is 2.29. The van der Waals surface area contributed by atoms with Gasteiger partial charge in [0.2, 0.25) is 0 Å². The predicted molar refractivity (Wildman–Crippen MR) is 50.0 cm³/mol. The smallest absolute Gasteiger partial charge is 0.168 e. The largest absolute Gasteiger partial charge is 0.370 e. The first-order chi connectivity index (χ1) is 6.72. The lowest BCUT2D eigenvalue weighted by Gasteiger charge is -2.06. The molecule has 1 aromatic rings. The van der Waals surface area contributed by atoms with E-state index < -0.39 is 0 Å². The van der Waals surface area contributed by atoms with Crippen molar-refractivity contribution in [3.63, 3.8) is 0 Å². The number of hydrogen-bond donors (Lipinski definition) is 0. The van der Waals surface area contributed by atoms with Crippen LogP contribution in [0.1, 0.15) is 47.3 Å². The lowest BCUT2D eigenvalue weighted by Crippen LogP contribution is -2.06. The van der Waals surface area contributed by atoms with Crippen LogP contribution in [0.2, 0.25) is 0 Å². The standard InChI is InChI=1S/C10H12N2O2/c1-6(2)10-11-8(3-13)7-4-14-5-9(7)12-10/h3,6H,4-5H2,1-2H3. The van der Waals surface area contributed by atoms with Gasteiger partial charge in [-0.25, -0.2) is 9.97 Å². The third-order valence-corrected chi connectivity index (χ3v) is 2.26. The maximum atomic E-state index is 10.8. The molecule has 0 bridgehead atoms. The minimum atomic E-state index is 0.236. The Hall–Kier alpha value is -1.29. The lowest BCUT2D eigenvalue weighted by atomic mass is 10.1. The van der Waals surface area contributed by atoms with E-state index in [4.69, 9.17) is 4.74 Å². The molecule has 0 spiro atoms. The molecule has 2 rings (SSSR count). The number of rotatable bonds is 2. The zero-order chi connectivity index (χ0) is 10.1. The van der Waals surface area contributed by atoms with Gasteiger partial charge < -0.3 is 4.74 Å². The van der Waals surface area contributed by atoms with Crippen molar-refractivity contribution in [1.29, 1.82) is 0 Å². The van der Waals surface area contributed by atoms with Gasteiger partial charge >= 0.3 is 0 Å². The zero-order valence-electron chi connectivity index (χ0n) is 8.28. The topological polar surface area (TPSA) is 52.1 Å². The number of carbonyl (C=O) groups is 1. The molecule has 1 aliphatic rings. The Labute approximate surface area is 82.3 Å². The van der Waals surface area contributed by atoms with E-state index in [1.807, 2.05) is 13.8 Å². The first kappa shape index (κ1) is 9.27. The van der Waals surface area contributed by atoms with Crippen LogP contribution in [0.3, 0.4) is 0 Å². The van der Waals surface area contributed by atoms with Crippen molar-refractivity contribution >= 4 is 6.29 Å². The van der Waals surface area contributed by atoms with Crippen molar-refractivity contribution in [2.24, 2.45) is 0 Å². The molecule has 2 heterocycles. The van der Waals surface area contributed by atoms with E-state index in [-0.39, 0.29) is 5.92 Å². The van der Waals surface area contributed by atoms with Gasteiger partial charge in [0.25, 0.3) is 0 Å². The van der Waals surface area contributed by atoms with Crippen LogP contribution in [0.5, 0.6) is 0 Å². The zero-order valence-corrected chi connectivity index (χ0v) is 8.28. The van der Waals surface area contributed by atoms with E-state index >= 15 is 0 Å². The third kappa shape index (κ3) is 1.42. The van der Waals surface area contributed by atoms with Crippen LogP contribution in [0.25, 0.3) is 0 Å². The van der Waals surface area contributed by atoms with Gasteiger partial charge in [-0.05, 0) is 0 Å². The van der Waals surface area contributed by atoms with Crippen molar-refractivity contribution in [3.8, 4) is 0 Å². The second kappa shape index (κ2) is 3.46. The van der Waals surface area contributed by atoms with Gasteiger partial charge in [0.1, 0.15) is 11.5 Å². The van der Waals surface area contributed by atoms with Crippen LogP contribution in [-0.4, -0.2) is 16.3 Å². The molecule has 0 amide bonds. The Balaban J connectivity index is 2.54. The normalized spacial score (nSPS) is 14.5.